The Balaban J connectivity index is 1.93. The van der Waals surface area contributed by atoms with Crippen molar-refractivity contribution in [3.8, 4) is 23.8 Å². The highest BCUT2D eigenvalue weighted by molar-refractivity contribution is 8.18. The maximum atomic E-state index is 12.5. The zero-order chi connectivity index (χ0) is 23.3. The van der Waals surface area contributed by atoms with E-state index in [1.165, 1.54) is 7.11 Å². The Labute approximate surface area is 201 Å². The number of rotatable bonds is 8. The van der Waals surface area contributed by atoms with E-state index in [-0.39, 0.29) is 13.2 Å². The smallest absolute Gasteiger partial charge is 0.294 e. The number of ether oxygens (including phenoxy) is 2. The number of halogens is 2. The van der Waals surface area contributed by atoms with Crippen molar-refractivity contribution in [1.29, 1.82) is 0 Å². The summed E-state index contributed by atoms with van der Waals surface area (Å²) in [6.45, 7) is 3.95. The molecule has 0 atom stereocenters. The van der Waals surface area contributed by atoms with Gasteiger partial charge in [-0.3, -0.25) is 14.5 Å². The first-order valence-electron chi connectivity index (χ1n) is 9.45. The summed E-state index contributed by atoms with van der Waals surface area (Å²) in [5, 5.41) is 0.651. The van der Waals surface area contributed by atoms with Crippen LogP contribution in [0.1, 0.15) is 16.7 Å². The molecule has 1 aliphatic heterocycles. The molecule has 0 N–H and O–H groups in total. The lowest BCUT2D eigenvalue weighted by molar-refractivity contribution is -0.122. The van der Waals surface area contributed by atoms with E-state index in [9.17, 15) is 9.59 Å². The van der Waals surface area contributed by atoms with Gasteiger partial charge in [0.15, 0.2) is 11.5 Å². The Morgan fingerprint density at radius 1 is 1.22 bits per heavy atom. The number of hydrogen-bond donors (Lipinski definition) is 0. The van der Waals surface area contributed by atoms with Crippen LogP contribution in [0.3, 0.4) is 0 Å². The molecule has 1 saturated heterocycles. The van der Waals surface area contributed by atoms with Crippen LogP contribution >= 0.6 is 35.0 Å². The minimum atomic E-state index is -0.417. The van der Waals surface area contributed by atoms with Crippen LogP contribution in [0, 0.1) is 12.3 Å². The van der Waals surface area contributed by atoms with Gasteiger partial charge in [0.1, 0.15) is 6.61 Å². The molecule has 1 fully saturated rings. The van der Waals surface area contributed by atoms with Gasteiger partial charge in [-0.05, 0) is 54.1 Å². The number of imide groups is 1. The summed E-state index contributed by atoms with van der Waals surface area (Å²) in [6.07, 6.45) is 9.12. The second-order valence-corrected chi connectivity index (χ2v) is 8.54. The average molecular weight is 488 g/mol. The van der Waals surface area contributed by atoms with Crippen LogP contribution in [0.5, 0.6) is 11.5 Å². The van der Waals surface area contributed by atoms with E-state index in [0.29, 0.717) is 38.4 Å². The number of carbonyl (C=O) groups is 2. The van der Waals surface area contributed by atoms with Crippen LogP contribution in [0.2, 0.25) is 10.0 Å². The maximum absolute atomic E-state index is 12.5. The third kappa shape index (κ3) is 5.31. The van der Waals surface area contributed by atoms with Crippen LogP contribution < -0.4 is 9.47 Å². The van der Waals surface area contributed by atoms with Crippen molar-refractivity contribution in [2.45, 2.75) is 13.0 Å². The maximum Gasteiger partial charge on any atom is 0.294 e. The van der Waals surface area contributed by atoms with E-state index in [0.717, 1.165) is 27.8 Å². The van der Waals surface area contributed by atoms with Gasteiger partial charge >= 0.3 is 0 Å². The van der Waals surface area contributed by atoms with E-state index in [2.05, 4.69) is 12.5 Å². The normalized spacial score (nSPS) is 14.6. The zero-order valence-electron chi connectivity index (χ0n) is 17.2. The fourth-order valence-electron chi connectivity index (χ4n) is 3.06. The van der Waals surface area contributed by atoms with Crippen LogP contribution in [0.4, 0.5) is 4.79 Å². The number of allylic oxidation sites excluding steroid dienone is 1. The number of nitrogens with zero attached hydrogens (tertiary/aromatic N) is 1. The molecule has 5 nitrogen and oxygen atoms in total. The fraction of sp³-hybridized carbons (Fsp3) is 0.167. The summed E-state index contributed by atoms with van der Waals surface area (Å²) in [7, 11) is 1.53. The summed E-state index contributed by atoms with van der Waals surface area (Å²) < 4.78 is 11.6. The van der Waals surface area contributed by atoms with Crippen molar-refractivity contribution >= 4 is 52.2 Å². The van der Waals surface area contributed by atoms with E-state index in [4.69, 9.17) is 39.1 Å². The number of benzene rings is 2. The highest BCUT2D eigenvalue weighted by Gasteiger charge is 2.34. The number of amides is 2. The molecule has 1 aliphatic rings. The third-order valence-corrected chi connectivity index (χ3v) is 6.04. The lowest BCUT2D eigenvalue weighted by Crippen LogP contribution is -2.28. The van der Waals surface area contributed by atoms with E-state index >= 15 is 0 Å². The molecule has 164 valence electrons. The van der Waals surface area contributed by atoms with Crippen molar-refractivity contribution in [3.05, 3.63) is 74.6 Å². The third-order valence-electron chi connectivity index (χ3n) is 4.55. The Hall–Kier alpha value is -2.85. The summed E-state index contributed by atoms with van der Waals surface area (Å²) in [5.41, 5.74) is 2.26. The van der Waals surface area contributed by atoms with Gasteiger partial charge in [-0.2, -0.15) is 0 Å². The predicted molar refractivity (Wildman–Crippen MR) is 129 cm³/mol. The second-order valence-electron chi connectivity index (χ2n) is 6.70. The summed E-state index contributed by atoms with van der Waals surface area (Å²) in [6, 6.07) is 8.79. The van der Waals surface area contributed by atoms with Gasteiger partial charge in [-0.25, -0.2) is 0 Å². The highest BCUT2D eigenvalue weighted by atomic mass is 35.5. The highest BCUT2D eigenvalue weighted by Crippen LogP contribution is 2.37. The molecule has 2 amide bonds. The number of terminal acetylenes is 1. The molecule has 0 unspecified atom stereocenters. The molecule has 0 aromatic heterocycles. The second kappa shape index (κ2) is 10.6. The average Bonchev–Trinajstić information content (AvgIpc) is 3.01. The standard InChI is InChI=1S/C24H19Cl2NO4S/c1-4-6-16-10-15(12-21-23(28)27(9-5-2)24(29)32-21)11-20(30-3)22(16)31-14-17-7-8-18(25)13-19(17)26/h2,4,7-8,10-13H,1,6,9,14H2,3H3/b21-12+. The first-order valence-corrected chi connectivity index (χ1v) is 11.0. The Bertz CT molecular complexity index is 1150. The first-order chi connectivity index (χ1) is 15.4. The lowest BCUT2D eigenvalue weighted by atomic mass is 10.0. The Morgan fingerprint density at radius 2 is 2.00 bits per heavy atom. The largest absolute Gasteiger partial charge is 0.493 e. The molecular weight excluding hydrogens is 469 g/mol. The van der Waals surface area contributed by atoms with Gasteiger partial charge in [0.2, 0.25) is 0 Å². The van der Waals surface area contributed by atoms with Crippen LogP contribution in [0.15, 0.2) is 47.9 Å². The van der Waals surface area contributed by atoms with Crippen molar-refractivity contribution in [1.82, 2.24) is 4.90 Å². The molecule has 8 heteroatoms. The molecule has 3 rings (SSSR count). The monoisotopic (exact) mass is 487 g/mol. The lowest BCUT2D eigenvalue weighted by Gasteiger charge is -2.16. The van der Waals surface area contributed by atoms with E-state index in [1.54, 1.807) is 36.4 Å². The summed E-state index contributed by atoms with van der Waals surface area (Å²) in [4.78, 5) is 25.9. The molecule has 2 aromatic rings. The first kappa shape index (κ1) is 23.8. The summed E-state index contributed by atoms with van der Waals surface area (Å²) >= 11 is 13.1. The van der Waals surface area contributed by atoms with E-state index < -0.39 is 11.1 Å². The van der Waals surface area contributed by atoms with Crippen LogP contribution in [0.25, 0.3) is 6.08 Å². The summed E-state index contributed by atoms with van der Waals surface area (Å²) in [5.74, 6) is 2.92. The van der Waals surface area contributed by atoms with Crippen molar-refractivity contribution in [2.24, 2.45) is 0 Å². The van der Waals surface area contributed by atoms with Gasteiger partial charge in [-0.1, -0.05) is 41.3 Å². The topological polar surface area (TPSA) is 55.8 Å². The molecule has 0 saturated carbocycles. The predicted octanol–water partition coefficient (Wildman–Crippen LogP) is 5.98. The number of methoxy groups -OCH3 is 1. The van der Waals surface area contributed by atoms with Crippen molar-refractivity contribution in [2.75, 3.05) is 13.7 Å². The Morgan fingerprint density at radius 3 is 2.66 bits per heavy atom. The van der Waals surface area contributed by atoms with Crippen LogP contribution in [-0.4, -0.2) is 29.7 Å². The molecule has 32 heavy (non-hydrogen) atoms. The van der Waals surface area contributed by atoms with Gasteiger partial charge < -0.3 is 9.47 Å². The molecule has 0 spiro atoms. The minimum Gasteiger partial charge on any atom is -0.493 e. The van der Waals surface area contributed by atoms with Crippen LogP contribution in [-0.2, 0) is 17.8 Å². The van der Waals surface area contributed by atoms with E-state index in [1.807, 2.05) is 6.07 Å². The minimum absolute atomic E-state index is 0.0624. The van der Waals surface area contributed by atoms with Gasteiger partial charge in [-0.15, -0.1) is 13.0 Å². The number of thioether (sulfide) groups is 1. The molecule has 1 heterocycles. The zero-order valence-corrected chi connectivity index (χ0v) is 19.5. The van der Waals surface area contributed by atoms with Gasteiger partial charge in [0.25, 0.3) is 11.1 Å². The fourth-order valence-corrected chi connectivity index (χ4v) is 4.36. The SMILES string of the molecule is C#CCN1C(=O)S/C(=C/c2cc(CC=C)c(OCc3ccc(Cl)cc3Cl)c(OC)c2)C1=O. The Kier molecular flexibility index (Phi) is 7.92. The molecule has 0 bridgehead atoms. The number of hydrogen-bond acceptors (Lipinski definition) is 5. The molecule has 2 aromatic carbocycles. The molecule has 0 aliphatic carbocycles. The quantitative estimate of drug-likeness (QED) is 0.260. The number of carbonyl (C=O) groups excluding carboxylic acids is 2. The van der Waals surface area contributed by atoms with Crippen molar-refractivity contribution < 1.29 is 19.1 Å². The van der Waals surface area contributed by atoms with Gasteiger partial charge in [0.05, 0.1) is 18.6 Å². The van der Waals surface area contributed by atoms with Crippen molar-refractivity contribution in [3.63, 3.8) is 0 Å². The molecular formula is C24H19Cl2NO4S. The molecule has 0 radical (unpaired) electrons. The van der Waals surface area contributed by atoms with Gasteiger partial charge in [0, 0.05) is 21.2 Å².